The number of pyridine rings is 1. The van der Waals surface area contributed by atoms with Gasteiger partial charge >= 0.3 is 0 Å². The molecule has 0 fully saturated rings. The Hall–Kier alpha value is -4.39. The highest BCUT2D eigenvalue weighted by Gasteiger charge is 2.12. The average Bonchev–Trinajstić information content (AvgIpc) is 3.39. The second-order valence-corrected chi connectivity index (χ2v) is 7.46. The summed E-state index contributed by atoms with van der Waals surface area (Å²) in [7, 11) is 1.61. The van der Waals surface area contributed by atoms with Gasteiger partial charge in [0.1, 0.15) is 12.0 Å². The number of nitrogens with zero attached hydrogens (tertiary/aromatic N) is 1. The van der Waals surface area contributed by atoms with Gasteiger partial charge in [-0.25, -0.2) is 0 Å². The van der Waals surface area contributed by atoms with Crippen molar-refractivity contribution in [1.29, 1.82) is 0 Å². The topological polar surface area (TPSA) is 93.5 Å². The smallest absolute Gasteiger partial charge is 0.258 e. The predicted molar refractivity (Wildman–Crippen MR) is 125 cm³/mol. The number of benzene rings is 2. The molecular formula is C26H23N3O4. The maximum atomic E-state index is 12.5. The highest BCUT2D eigenvalue weighted by Crippen LogP contribution is 2.25. The highest BCUT2D eigenvalue weighted by atomic mass is 16.5. The van der Waals surface area contributed by atoms with Gasteiger partial charge in [0.25, 0.3) is 11.8 Å². The van der Waals surface area contributed by atoms with Crippen molar-refractivity contribution in [3.05, 3.63) is 102 Å². The van der Waals surface area contributed by atoms with Gasteiger partial charge < -0.3 is 19.8 Å². The van der Waals surface area contributed by atoms with Gasteiger partial charge in [0.15, 0.2) is 0 Å². The minimum Gasteiger partial charge on any atom is -0.497 e. The Morgan fingerprint density at radius 3 is 2.61 bits per heavy atom. The molecule has 2 aromatic heterocycles. The first-order chi connectivity index (χ1) is 16.0. The van der Waals surface area contributed by atoms with E-state index in [2.05, 4.69) is 15.6 Å². The minimum atomic E-state index is -0.255. The Morgan fingerprint density at radius 1 is 1.00 bits per heavy atom. The zero-order valence-electron chi connectivity index (χ0n) is 18.3. The Balaban J connectivity index is 1.44. The number of ether oxygens (including phenoxy) is 1. The van der Waals surface area contributed by atoms with E-state index >= 15 is 0 Å². The number of hydrogen-bond acceptors (Lipinski definition) is 5. The molecule has 0 atom stereocenters. The maximum absolute atomic E-state index is 12.5. The lowest BCUT2D eigenvalue weighted by Gasteiger charge is -2.11. The number of furan rings is 1. The van der Waals surface area contributed by atoms with Crippen molar-refractivity contribution in [3.63, 3.8) is 0 Å². The molecule has 2 N–H and O–H groups in total. The fraction of sp³-hybridized carbons (Fsp3) is 0.115. The van der Waals surface area contributed by atoms with E-state index < -0.39 is 0 Å². The molecule has 0 radical (unpaired) electrons. The molecule has 7 nitrogen and oxygen atoms in total. The van der Waals surface area contributed by atoms with Gasteiger partial charge in [0.05, 0.1) is 30.2 Å². The molecule has 2 heterocycles. The van der Waals surface area contributed by atoms with Crippen LogP contribution in [0.5, 0.6) is 5.75 Å². The van der Waals surface area contributed by atoms with Crippen LogP contribution < -0.4 is 15.4 Å². The van der Waals surface area contributed by atoms with Gasteiger partial charge in [-0.15, -0.1) is 0 Å². The molecule has 4 rings (SSSR count). The minimum absolute atomic E-state index is 0.213. The summed E-state index contributed by atoms with van der Waals surface area (Å²) < 4.78 is 10.2. The van der Waals surface area contributed by atoms with Crippen LogP contribution in [0.2, 0.25) is 0 Å². The molecule has 0 spiro atoms. The van der Waals surface area contributed by atoms with Gasteiger partial charge in [0.2, 0.25) is 0 Å². The van der Waals surface area contributed by atoms with Gasteiger partial charge in [-0.3, -0.25) is 14.6 Å². The summed E-state index contributed by atoms with van der Waals surface area (Å²) in [4.78, 5) is 29.3. The van der Waals surface area contributed by atoms with Gasteiger partial charge in [-0.2, -0.15) is 0 Å². The molecule has 7 heteroatoms. The molecule has 0 aliphatic rings. The van der Waals surface area contributed by atoms with Crippen molar-refractivity contribution >= 4 is 17.5 Å². The molecule has 2 aromatic carbocycles. The summed E-state index contributed by atoms with van der Waals surface area (Å²) in [5.74, 6) is 0.274. The first-order valence-corrected chi connectivity index (χ1v) is 10.4. The third kappa shape index (κ3) is 5.27. The zero-order valence-corrected chi connectivity index (χ0v) is 18.3. The molecule has 0 aliphatic carbocycles. The van der Waals surface area contributed by atoms with Crippen LogP contribution in [-0.4, -0.2) is 23.9 Å². The average molecular weight is 441 g/mol. The molecular weight excluding hydrogens is 418 g/mol. The molecule has 4 aromatic rings. The summed E-state index contributed by atoms with van der Waals surface area (Å²) >= 11 is 0. The summed E-state index contributed by atoms with van der Waals surface area (Å²) in [6.45, 7) is 2.35. The Bertz CT molecular complexity index is 1270. The molecule has 0 saturated heterocycles. The number of amides is 2. The molecule has 0 unspecified atom stereocenters. The van der Waals surface area contributed by atoms with E-state index in [0.29, 0.717) is 29.1 Å². The number of nitrogens with one attached hydrogen (secondary N) is 2. The van der Waals surface area contributed by atoms with E-state index in [0.717, 1.165) is 22.4 Å². The maximum Gasteiger partial charge on any atom is 0.258 e. The van der Waals surface area contributed by atoms with E-state index in [1.807, 2.05) is 49.4 Å². The van der Waals surface area contributed by atoms with Crippen LogP contribution >= 0.6 is 0 Å². The largest absolute Gasteiger partial charge is 0.497 e. The third-order valence-electron chi connectivity index (χ3n) is 5.17. The monoisotopic (exact) mass is 441 g/mol. The Labute approximate surface area is 191 Å². The zero-order chi connectivity index (χ0) is 23.2. The standard InChI is InChI=1S/C26H23N3O4/c1-17-6-8-21(29-26(31)20-10-11-33-16-20)13-23(17)24-9-7-19(15-27-24)25(30)28-14-18-4-3-5-22(12-18)32-2/h3-13,15-16H,14H2,1-2H3,(H,28,30)(H,29,31). The highest BCUT2D eigenvalue weighted by molar-refractivity contribution is 6.04. The lowest BCUT2D eigenvalue weighted by atomic mass is 10.0. The van der Waals surface area contributed by atoms with Crippen molar-refractivity contribution in [2.75, 3.05) is 12.4 Å². The SMILES string of the molecule is COc1cccc(CNC(=O)c2ccc(-c3cc(NC(=O)c4ccoc4)ccc3C)nc2)c1. The van der Waals surface area contributed by atoms with Crippen LogP contribution in [0.1, 0.15) is 31.8 Å². The summed E-state index contributed by atoms with van der Waals surface area (Å²) in [5.41, 5.74) is 5.06. The van der Waals surface area contributed by atoms with Crippen LogP contribution in [0, 0.1) is 6.92 Å². The van der Waals surface area contributed by atoms with E-state index in [-0.39, 0.29) is 11.8 Å². The van der Waals surface area contributed by atoms with Crippen LogP contribution in [0.4, 0.5) is 5.69 Å². The normalized spacial score (nSPS) is 10.5. The summed E-state index contributed by atoms with van der Waals surface area (Å²) in [5, 5.41) is 5.74. The summed E-state index contributed by atoms with van der Waals surface area (Å²) in [6.07, 6.45) is 4.39. The predicted octanol–water partition coefficient (Wildman–Crippen LogP) is 4.84. The van der Waals surface area contributed by atoms with Crippen molar-refractivity contribution in [2.24, 2.45) is 0 Å². The Kier molecular flexibility index (Phi) is 6.50. The van der Waals surface area contributed by atoms with Crippen LogP contribution in [-0.2, 0) is 6.54 Å². The molecule has 0 saturated carbocycles. The molecule has 0 aliphatic heterocycles. The first-order valence-electron chi connectivity index (χ1n) is 10.4. The number of rotatable bonds is 7. The van der Waals surface area contributed by atoms with Gasteiger partial charge in [-0.05, 0) is 60.5 Å². The number of anilines is 1. The first kappa shape index (κ1) is 21.8. The lowest BCUT2D eigenvalue weighted by Crippen LogP contribution is -2.22. The quantitative estimate of drug-likeness (QED) is 0.428. The van der Waals surface area contributed by atoms with Crippen LogP contribution in [0.15, 0.2) is 83.8 Å². The number of methoxy groups -OCH3 is 1. The molecule has 2 amide bonds. The Morgan fingerprint density at radius 2 is 1.88 bits per heavy atom. The van der Waals surface area contributed by atoms with Crippen molar-refractivity contribution in [1.82, 2.24) is 10.3 Å². The lowest BCUT2D eigenvalue weighted by molar-refractivity contribution is 0.0949. The van der Waals surface area contributed by atoms with E-state index in [9.17, 15) is 9.59 Å². The second-order valence-electron chi connectivity index (χ2n) is 7.46. The van der Waals surface area contributed by atoms with Crippen molar-refractivity contribution in [2.45, 2.75) is 13.5 Å². The number of carbonyl (C=O) groups is 2. The molecule has 33 heavy (non-hydrogen) atoms. The van der Waals surface area contributed by atoms with Crippen molar-refractivity contribution in [3.8, 4) is 17.0 Å². The third-order valence-corrected chi connectivity index (χ3v) is 5.17. The van der Waals surface area contributed by atoms with Crippen LogP contribution in [0.25, 0.3) is 11.3 Å². The second kappa shape index (κ2) is 9.82. The van der Waals surface area contributed by atoms with Gasteiger partial charge in [0, 0.05) is 24.0 Å². The fourth-order valence-corrected chi connectivity index (χ4v) is 3.33. The van der Waals surface area contributed by atoms with Crippen LogP contribution in [0.3, 0.4) is 0 Å². The number of aromatic nitrogens is 1. The number of carbonyl (C=O) groups excluding carboxylic acids is 2. The molecule has 166 valence electrons. The van der Waals surface area contributed by atoms with E-state index in [1.54, 1.807) is 31.5 Å². The summed E-state index contributed by atoms with van der Waals surface area (Å²) in [6, 6.07) is 18.3. The number of aryl methyl sites for hydroxylation is 1. The fourth-order valence-electron chi connectivity index (χ4n) is 3.33. The molecule has 0 bridgehead atoms. The van der Waals surface area contributed by atoms with E-state index in [4.69, 9.17) is 9.15 Å². The van der Waals surface area contributed by atoms with Crippen molar-refractivity contribution < 1.29 is 18.7 Å². The van der Waals surface area contributed by atoms with Gasteiger partial charge in [-0.1, -0.05) is 18.2 Å². The number of hydrogen-bond donors (Lipinski definition) is 2. The van der Waals surface area contributed by atoms with E-state index in [1.165, 1.54) is 12.5 Å².